The summed E-state index contributed by atoms with van der Waals surface area (Å²) >= 11 is 0. The molecule has 4 rings (SSSR count). The highest BCUT2D eigenvalue weighted by atomic mass is 16.5. The molecule has 0 spiro atoms. The van der Waals surface area contributed by atoms with Gasteiger partial charge in [0.2, 0.25) is 0 Å². The van der Waals surface area contributed by atoms with Gasteiger partial charge in [-0.2, -0.15) is 0 Å². The van der Waals surface area contributed by atoms with Gasteiger partial charge < -0.3 is 4.74 Å². The molecule has 3 saturated carbocycles. The first-order valence-electron chi connectivity index (χ1n) is 11.1. The van der Waals surface area contributed by atoms with Crippen molar-refractivity contribution in [3.05, 3.63) is 42.0 Å². The van der Waals surface area contributed by atoms with Gasteiger partial charge in [-0.05, 0) is 80.4 Å². The van der Waals surface area contributed by atoms with Crippen molar-refractivity contribution >= 4 is 5.97 Å². The highest BCUT2D eigenvalue weighted by Crippen LogP contribution is 2.59. The summed E-state index contributed by atoms with van der Waals surface area (Å²) in [5.41, 5.74) is 2.47. The van der Waals surface area contributed by atoms with Gasteiger partial charge in [-0.1, -0.05) is 57.2 Å². The van der Waals surface area contributed by atoms with Gasteiger partial charge in [0, 0.05) is 6.08 Å². The summed E-state index contributed by atoms with van der Waals surface area (Å²) in [4.78, 5) is 11.6. The van der Waals surface area contributed by atoms with Crippen LogP contribution in [-0.4, -0.2) is 5.97 Å². The van der Waals surface area contributed by atoms with E-state index in [9.17, 15) is 4.79 Å². The van der Waals surface area contributed by atoms with Crippen molar-refractivity contribution in [2.45, 2.75) is 96.3 Å². The summed E-state index contributed by atoms with van der Waals surface area (Å²) in [6.45, 7) is 4.11. The van der Waals surface area contributed by atoms with E-state index >= 15 is 0 Å². The number of hydrogen-bond donors (Lipinski definition) is 0. The number of allylic oxidation sites excluding steroid dienone is 1. The normalized spacial score (nSPS) is 27.2. The Morgan fingerprint density at radius 1 is 0.963 bits per heavy atom. The minimum atomic E-state index is -0.303. The minimum Gasteiger partial charge on any atom is -0.423 e. The number of benzene rings is 1. The molecule has 0 saturated heterocycles. The summed E-state index contributed by atoms with van der Waals surface area (Å²) in [5, 5.41) is 0. The summed E-state index contributed by atoms with van der Waals surface area (Å²) in [5.74, 6) is 0.341. The Labute approximate surface area is 165 Å². The first-order chi connectivity index (χ1) is 13.1. The molecule has 0 atom stereocenters. The van der Waals surface area contributed by atoms with Crippen molar-refractivity contribution in [1.82, 2.24) is 0 Å². The lowest BCUT2D eigenvalue weighted by Crippen LogP contribution is -2.44. The Morgan fingerprint density at radius 2 is 1.59 bits per heavy atom. The monoisotopic (exact) mass is 368 g/mol. The van der Waals surface area contributed by atoms with E-state index in [0.29, 0.717) is 16.6 Å². The van der Waals surface area contributed by atoms with Gasteiger partial charge in [0.15, 0.2) is 0 Å². The molecule has 0 aromatic heterocycles. The average Bonchev–Trinajstić information content (AvgIpc) is 2.70. The highest BCUT2D eigenvalue weighted by molar-refractivity contribution is 5.83. The van der Waals surface area contributed by atoms with E-state index in [1.165, 1.54) is 88.7 Å². The third kappa shape index (κ3) is 4.83. The lowest BCUT2D eigenvalue weighted by Gasteiger charge is -2.54. The molecule has 148 valence electrons. The van der Waals surface area contributed by atoms with Crippen LogP contribution >= 0.6 is 0 Å². The van der Waals surface area contributed by atoms with Crippen LogP contribution in [0, 0.1) is 5.41 Å². The van der Waals surface area contributed by atoms with Crippen LogP contribution in [0.25, 0.3) is 0 Å². The van der Waals surface area contributed by atoms with Gasteiger partial charge in [0.25, 0.3) is 0 Å². The zero-order valence-electron chi connectivity index (χ0n) is 17.3. The molecular weight excluding hydrogens is 332 g/mol. The molecule has 3 aliphatic rings. The Kier molecular flexibility index (Phi) is 6.78. The topological polar surface area (TPSA) is 26.3 Å². The van der Waals surface area contributed by atoms with E-state index in [1.54, 1.807) is 6.08 Å². The van der Waals surface area contributed by atoms with Crippen molar-refractivity contribution in [2.75, 3.05) is 0 Å². The molecule has 1 aromatic carbocycles. The number of esters is 1. The summed E-state index contributed by atoms with van der Waals surface area (Å²) in [7, 11) is 0. The maximum atomic E-state index is 11.6. The maximum absolute atomic E-state index is 11.6. The molecule has 2 heteroatoms. The van der Waals surface area contributed by atoms with Crippen LogP contribution in [0.2, 0.25) is 0 Å². The minimum absolute atomic E-state index is 0.303. The summed E-state index contributed by atoms with van der Waals surface area (Å²) in [6, 6.07) is 8.33. The molecule has 2 nitrogen and oxygen atoms in total. The molecule has 0 amide bonds. The van der Waals surface area contributed by atoms with E-state index in [4.69, 9.17) is 4.74 Å². The number of carbonyl (C=O) groups excluding carboxylic acids is 1. The quantitative estimate of drug-likeness (QED) is 0.201. The lowest BCUT2D eigenvalue weighted by molar-refractivity contribution is -0.129. The van der Waals surface area contributed by atoms with Crippen molar-refractivity contribution in [1.29, 1.82) is 0 Å². The third-order valence-electron chi connectivity index (χ3n) is 7.20. The lowest BCUT2D eigenvalue weighted by atomic mass is 9.51. The molecule has 3 fully saturated rings. The number of rotatable bonds is 9. The van der Waals surface area contributed by atoms with E-state index < -0.39 is 0 Å². The van der Waals surface area contributed by atoms with Crippen LogP contribution in [0.1, 0.15) is 96.5 Å². The third-order valence-corrected chi connectivity index (χ3v) is 7.20. The molecule has 0 radical (unpaired) electrons. The van der Waals surface area contributed by atoms with Crippen LogP contribution in [0.15, 0.2) is 36.4 Å². The predicted octanol–water partition coefficient (Wildman–Crippen LogP) is 7.12. The van der Waals surface area contributed by atoms with E-state index in [-0.39, 0.29) is 5.97 Å². The second kappa shape index (κ2) is 9.08. The molecule has 1 aromatic rings. The number of carbonyl (C=O) groups is 1. The van der Waals surface area contributed by atoms with Gasteiger partial charge in [0.05, 0.1) is 0 Å². The Bertz CT molecular complexity index is 616. The fraction of sp³-hybridized carbons (Fsp3) is 0.640. The zero-order chi connectivity index (χ0) is 19.2. The molecular formula is C25H36O2. The van der Waals surface area contributed by atoms with Gasteiger partial charge >= 0.3 is 5.97 Å². The fourth-order valence-corrected chi connectivity index (χ4v) is 5.34. The summed E-state index contributed by atoms with van der Waals surface area (Å²) < 4.78 is 5.34. The number of hydrogen-bond acceptors (Lipinski definition) is 2. The molecule has 0 heterocycles. The standard InChI is InChI=1S/C25H36O2/c1-3-5-6-7-8-14-24-15-18-25(19-16-24,20-17-24)21-10-12-22(13-11-21)27-23(26)9-4-2/h4,9-13H,3,5-8,14-20H2,1-2H3. The molecule has 0 N–H and O–H groups in total. The first kappa shape index (κ1) is 20.2. The molecule has 27 heavy (non-hydrogen) atoms. The molecule has 0 aliphatic heterocycles. The largest absolute Gasteiger partial charge is 0.423 e. The van der Waals surface area contributed by atoms with Crippen LogP contribution in [0.5, 0.6) is 5.75 Å². The average molecular weight is 369 g/mol. The van der Waals surface area contributed by atoms with Crippen molar-refractivity contribution in [3.8, 4) is 5.75 Å². The number of ether oxygens (including phenoxy) is 1. The highest BCUT2D eigenvalue weighted by Gasteiger charge is 2.48. The second-order valence-corrected chi connectivity index (χ2v) is 8.89. The van der Waals surface area contributed by atoms with Gasteiger partial charge in [0.1, 0.15) is 5.75 Å². The van der Waals surface area contributed by atoms with Crippen LogP contribution in [0.4, 0.5) is 0 Å². The van der Waals surface area contributed by atoms with E-state index in [0.717, 1.165) is 0 Å². The smallest absolute Gasteiger partial charge is 0.335 e. The predicted molar refractivity (Wildman–Crippen MR) is 112 cm³/mol. The zero-order valence-corrected chi connectivity index (χ0v) is 17.3. The first-order valence-corrected chi connectivity index (χ1v) is 11.1. The van der Waals surface area contributed by atoms with Crippen molar-refractivity contribution < 1.29 is 9.53 Å². The van der Waals surface area contributed by atoms with Crippen LogP contribution in [-0.2, 0) is 10.2 Å². The Balaban J connectivity index is 1.55. The second-order valence-electron chi connectivity index (χ2n) is 8.89. The van der Waals surface area contributed by atoms with E-state index in [1.807, 2.05) is 19.1 Å². The Hall–Kier alpha value is -1.57. The van der Waals surface area contributed by atoms with Crippen molar-refractivity contribution in [2.24, 2.45) is 5.41 Å². The van der Waals surface area contributed by atoms with Gasteiger partial charge in [-0.15, -0.1) is 0 Å². The SMILES string of the molecule is CC=CC(=O)Oc1ccc(C23CCC(CCCCCCC)(CC2)CC3)cc1. The molecule has 2 bridgehead atoms. The molecule has 0 unspecified atom stereocenters. The summed E-state index contributed by atoms with van der Waals surface area (Å²) in [6.07, 6.45) is 19.8. The van der Waals surface area contributed by atoms with Crippen molar-refractivity contribution in [3.63, 3.8) is 0 Å². The fourth-order valence-electron chi connectivity index (χ4n) is 5.34. The van der Waals surface area contributed by atoms with Gasteiger partial charge in [-0.3, -0.25) is 0 Å². The Morgan fingerprint density at radius 3 is 2.19 bits per heavy atom. The van der Waals surface area contributed by atoms with E-state index in [2.05, 4.69) is 19.1 Å². The number of unbranched alkanes of at least 4 members (excludes halogenated alkanes) is 4. The molecule has 3 aliphatic carbocycles. The maximum Gasteiger partial charge on any atom is 0.335 e. The van der Waals surface area contributed by atoms with Gasteiger partial charge in [-0.25, -0.2) is 4.79 Å². The van der Waals surface area contributed by atoms with Crippen LogP contribution in [0.3, 0.4) is 0 Å². The number of fused-ring (bicyclic) bond motifs is 3. The van der Waals surface area contributed by atoms with Crippen LogP contribution < -0.4 is 4.74 Å².